The highest BCUT2D eigenvalue weighted by molar-refractivity contribution is 9.11. The lowest BCUT2D eigenvalue weighted by molar-refractivity contribution is 0.0769. The van der Waals surface area contributed by atoms with E-state index in [0.29, 0.717) is 27.0 Å². The van der Waals surface area contributed by atoms with Crippen LogP contribution in [0.2, 0.25) is 0 Å². The van der Waals surface area contributed by atoms with Crippen LogP contribution in [-0.2, 0) is 0 Å². The molecule has 26 heavy (non-hydrogen) atoms. The average Bonchev–Trinajstić information content (AvgIpc) is 2.61. The number of aliphatic hydroxyl groups is 2. The van der Waals surface area contributed by atoms with Gasteiger partial charge in [-0.25, -0.2) is 0 Å². The third kappa shape index (κ3) is 4.64. The van der Waals surface area contributed by atoms with Crippen LogP contribution < -0.4 is 5.32 Å². The lowest BCUT2D eigenvalue weighted by Gasteiger charge is -2.20. The standard InChI is InChI=1S/C18H20BrNO5S/c1-2-11(10-7-13(22)17(24)14(23)8-10)20-15(26)6-4-9-3-5-12(21)18(25)16(9)19/h3-8,11-12,18,21-25H,2H2,1H3,(H,20,26)/b6-4+. The number of phenols is 3. The predicted molar refractivity (Wildman–Crippen MR) is 106 cm³/mol. The summed E-state index contributed by atoms with van der Waals surface area (Å²) in [6.07, 6.45) is 5.15. The second-order valence-corrected chi connectivity index (χ2v) is 7.10. The van der Waals surface area contributed by atoms with Crippen molar-refractivity contribution in [2.24, 2.45) is 0 Å². The molecule has 6 N–H and O–H groups in total. The lowest BCUT2D eigenvalue weighted by Crippen LogP contribution is -2.27. The Morgan fingerprint density at radius 1 is 1.27 bits per heavy atom. The van der Waals surface area contributed by atoms with E-state index in [1.165, 1.54) is 18.2 Å². The third-order valence-electron chi connectivity index (χ3n) is 3.97. The van der Waals surface area contributed by atoms with Crippen LogP contribution in [0.25, 0.3) is 0 Å². The fourth-order valence-electron chi connectivity index (χ4n) is 2.48. The highest BCUT2D eigenvalue weighted by atomic mass is 79.9. The quantitative estimate of drug-likeness (QED) is 0.236. The van der Waals surface area contributed by atoms with Crippen LogP contribution in [0, 0.1) is 0 Å². The fourth-order valence-corrected chi connectivity index (χ4v) is 3.22. The van der Waals surface area contributed by atoms with Gasteiger partial charge in [0.2, 0.25) is 0 Å². The van der Waals surface area contributed by atoms with E-state index < -0.39 is 29.5 Å². The van der Waals surface area contributed by atoms with E-state index >= 15 is 0 Å². The van der Waals surface area contributed by atoms with Gasteiger partial charge in [0.05, 0.1) is 11.0 Å². The molecular weight excluding hydrogens is 422 g/mol. The van der Waals surface area contributed by atoms with Crippen LogP contribution in [0.3, 0.4) is 0 Å². The van der Waals surface area contributed by atoms with E-state index in [4.69, 9.17) is 12.2 Å². The van der Waals surface area contributed by atoms with Crippen molar-refractivity contribution in [1.82, 2.24) is 5.32 Å². The molecule has 3 atom stereocenters. The first-order valence-corrected chi connectivity index (χ1v) is 9.12. The average molecular weight is 442 g/mol. The maximum Gasteiger partial charge on any atom is 0.200 e. The molecule has 6 nitrogen and oxygen atoms in total. The number of aromatic hydroxyl groups is 3. The Kier molecular flexibility index (Phi) is 6.82. The number of thiocarbonyl (C=S) groups is 1. The number of rotatable bonds is 5. The van der Waals surface area contributed by atoms with Gasteiger partial charge in [0.1, 0.15) is 12.2 Å². The topological polar surface area (TPSA) is 113 Å². The zero-order valence-electron chi connectivity index (χ0n) is 13.9. The summed E-state index contributed by atoms with van der Waals surface area (Å²) in [5.74, 6) is -1.38. The van der Waals surface area contributed by atoms with Gasteiger partial charge in [-0.3, -0.25) is 0 Å². The molecular formula is C18H20BrNO5S. The van der Waals surface area contributed by atoms with Crippen molar-refractivity contribution < 1.29 is 25.5 Å². The largest absolute Gasteiger partial charge is 0.504 e. The van der Waals surface area contributed by atoms with Gasteiger partial charge in [-0.2, -0.15) is 0 Å². The van der Waals surface area contributed by atoms with E-state index in [9.17, 15) is 25.5 Å². The van der Waals surface area contributed by atoms with Crippen LogP contribution in [-0.4, -0.2) is 42.7 Å². The first-order valence-electron chi connectivity index (χ1n) is 7.92. The van der Waals surface area contributed by atoms with Gasteiger partial charge in [-0.05, 0) is 35.8 Å². The molecule has 1 aliphatic rings. The molecule has 0 spiro atoms. The Labute approximate surface area is 164 Å². The maximum absolute atomic E-state index is 9.83. The Balaban J connectivity index is 2.12. The molecule has 2 rings (SSSR count). The van der Waals surface area contributed by atoms with Crippen LogP contribution in [0.4, 0.5) is 0 Å². The molecule has 1 aromatic carbocycles. The van der Waals surface area contributed by atoms with E-state index in [1.807, 2.05) is 6.92 Å². The molecule has 1 aromatic rings. The van der Waals surface area contributed by atoms with Crippen molar-refractivity contribution in [3.63, 3.8) is 0 Å². The van der Waals surface area contributed by atoms with Gasteiger partial charge in [-0.15, -0.1) is 0 Å². The first-order chi connectivity index (χ1) is 12.2. The lowest BCUT2D eigenvalue weighted by atomic mass is 10.0. The Morgan fingerprint density at radius 2 is 1.88 bits per heavy atom. The summed E-state index contributed by atoms with van der Waals surface area (Å²) in [7, 11) is 0. The highest BCUT2D eigenvalue weighted by Gasteiger charge is 2.22. The number of allylic oxidation sites excluding steroid dienone is 3. The molecule has 0 radical (unpaired) electrons. The van der Waals surface area contributed by atoms with Crippen LogP contribution in [0.5, 0.6) is 17.2 Å². The molecule has 0 heterocycles. The minimum atomic E-state index is -1.02. The highest BCUT2D eigenvalue weighted by Crippen LogP contribution is 2.37. The zero-order valence-corrected chi connectivity index (χ0v) is 16.3. The number of halogens is 1. The van der Waals surface area contributed by atoms with Crippen LogP contribution in [0.1, 0.15) is 24.9 Å². The van der Waals surface area contributed by atoms with E-state index in [1.54, 1.807) is 18.2 Å². The minimum Gasteiger partial charge on any atom is -0.504 e. The van der Waals surface area contributed by atoms with Gasteiger partial charge in [0.15, 0.2) is 17.2 Å². The van der Waals surface area contributed by atoms with Crippen molar-refractivity contribution in [2.75, 3.05) is 0 Å². The molecule has 1 aliphatic carbocycles. The van der Waals surface area contributed by atoms with Crippen molar-refractivity contribution in [2.45, 2.75) is 31.6 Å². The molecule has 0 aromatic heterocycles. The van der Waals surface area contributed by atoms with Crippen molar-refractivity contribution >= 4 is 33.1 Å². The summed E-state index contributed by atoms with van der Waals surface area (Å²) >= 11 is 8.56. The number of aliphatic hydroxyl groups excluding tert-OH is 2. The maximum atomic E-state index is 9.83. The Morgan fingerprint density at radius 3 is 2.46 bits per heavy atom. The summed E-state index contributed by atoms with van der Waals surface area (Å²) < 4.78 is 0.465. The zero-order chi connectivity index (χ0) is 19.4. The molecule has 0 bridgehead atoms. The monoisotopic (exact) mass is 441 g/mol. The molecule has 140 valence electrons. The summed E-state index contributed by atoms with van der Waals surface area (Å²) in [6, 6.07) is 2.45. The number of hydrogen-bond donors (Lipinski definition) is 6. The summed E-state index contributed by atoms with van der Waals surface area (Å²) in [4.78, 5) is 0.408. The number of phenolic OH excluding ortho intramolecular Hbond substituents is 3. The normalized spacial score (nSPS) is 21.2. The van der Waals surface area contributed by atoms with Crippen molar-refractivity contribution in [3.05, 3.63) is 52.1 Å². The molecule has 0 aliphatic heterocycles. The van der Waals surface area contributed by atoms with Crippen LogP contribution in [0.15, 0.2) is 46.5 Å². The Bertz CT molecular complexity index is 767. The van der Waals surface area contributed by atoms with Crippen LogP contribution >= 0.6 is 28.1 Å². The van der Waals surface area contributed by atoms with Gasteiger partial charge >= 0.3 is 0 Å². The molecule has 0 fully saturated rings. The van der Waals surface area contributed by atoms with Crippen molar-refractivity contribution in [3.8, 4) is 17.2 Å². The summed E-state index contributed by atoms with van der Waals surface area (Å²) in [5.41, 5.74) is 1.26. The Hall–Kier alpha value is -1.87. The minimum absolute atomic E-state index is 0.281. The number of nitrogens with one attached hydrogen (secondary N) is 1. The second-order valence-electron chi connectivity index (χ2n) is 5.81. The number of hydrogen-bond acceptors (Lipinski definition) is 6. The second kappa shape index (κ2) is 8.68. The van der Waals surface area contributed by atoms with Gasteiger partial charge in [-0.1, -0.05) is 53.3 Å². The predicted octanol–water partition coefficient (Wildman–Crippen LogP) is 2.67. The van der Waals surface area contributed by atoms with Crippen molar-refractivity contribution in [1.29, 1.82) is 0 Å². The van der Waals surface area contributed by atoms with Gasteiger partial charge in [0, 0.05) is 4.48 Å². The smallest absolute Gasteiger partial charge is 0.200 e. The number of benzene rings is 1. The summed E-state index contributed by atoms with van der Waals surface area (Å²) in [6.45, 7) is 1.91. The van der Waals surface area contributed by atoms with Gasteiger partial charge < -0.3 is 30.8 Å². The molecule has 0 amide bonds. The van der Waals surface area contributed by atoms with E-state index in [2.05, 4.69) is 21.2 Å². The SMILES string of the molecule is CCC(NC(=S)/C=C/C1=C(Br)C(O)C(O)C=C1)c1cc(O)c(O)c(O)c1. The summed E-state index contributed by atoms with van der Waals surface area (Å²) in [5, 5.41) is 51.3. The molecule has 0 saturated heterocycles. The third-order valence-corrected chi connectivity index (χ3v) is 5.15. The fraction of sp³-hybridized carbons (Fsp3) is 0.278. The molecule has 0 saturated carbocycles. The molecule has 3 unspecified atom stereocenters. The van der Waals surface area contributed by atoms with E-state index in [-0.39, 0.29) is 6.04 Å². The first kappa shape index (κ1) is 20.4. The van der Waals surface area contributed by atoms with Gasteiger partial charge in [0.25, 0.3) is 0 Å². The molecule has 8 heteroatoms. The van der Waals surface area contributed by atoms with E-state index in [0.717, 1.165) is 0 Å².